The summed E-state index contributed by atoms with van der Waals surface area (Å²) in [6, 6.07) is 7.02. The first kappa shape index (κ1) is 12.2. The van der Waals surface area contributed by atoms with Crippen LogP contribution in [0.15, 0.2) is 35.9 Å². The molecule has 0 aliphatic heterocycles. The van der Waals surface area contributed by atoms with Crippen molar-refractivity contribution in [1.29, 1.82) is 0 Å². The van der Waals surface area contributed by atoms with E-state index in [9.17, 15) is 4.79 Å². The van der Waals surface area contributed by atoms with Crippen LogP contribution in [0.3, 0.4) is 0 Å². The predicted molar refractivity (Wildman–Crippen MR) is 70.3 cm³/mol. The molecule has 0 unspecified atom stereocenters. The summed E-state index contributed by atoms with van der Waals surface area (Å²) in [6.45, 7) is 0.658. The first-order valence-corrected chi connectivity index (χ1v) is 6.35. The number of rotatable bonds is 3. The molecule has 0 radical (unpaired) electrons. The maximum absolute atomic E-state index is 11.8. The van der Waals surface area contributed by atoms with Crippen LogP contribution in [0.2, 0.25) is 5.02 Å². The topological polar surface area (TPSA) is 29.1 Å². The molecule has 0 saturated carbocycles. The molecule has 0 fully saturated rings. The Morgan fingerprint density at radius 1 is 1.35 bits per heavy atom. The third-order valence-corrected chi connectivity index (χ3v) is 3.18. The molecule has 0 aromatic heterocycles. The molecule has 0 bridgehead atoms. The Balaban J connectivity index is 1.91. The summed E-state index contributed by atoms with van der Waals surface area (Å²) >= 11 is 5.85. The number of halogens is 1. The number of carbonyl (C=O) groups is 1. The molecule has 1 aromatic carbocycles. The van der Waals surface area contributed by atoms with Gasteiger partial charge in [-0.15, -0.1) is 0 Å². The zero-order valence-electron chi connectivity index (χ0n) is 9.71. The van der Waals surface area contributed by atoms with Crippen LogP contribution >= 0.6 is 11.6 Å². The molecule has 3 heteroatoms. The fourth-order valence-electron chi connectivity index (χ4n) is 1.99. The van der Waals surface area contributed by atoms with Crippen LogP contribution in [0.4, 0.5) is 0 Å². The summed E-state index contributed by atoms with van der Waals surface area (Å²) in [5.41, 5.74) is 1.96. The minimum absolute atomic E-state index is 0.0565. The fourth-order valence-corrected chi connectivity index (χ4v) is 2.18. The van der Waals surface area contributed by atoms with Crippen molar-refractivity contribution >= 4 is 17.5 Å². The molecule has 17 heavy (non-hydrogen) atoms. The molecule has 90 valence electrons. The standard InChI is InChI=1S/C14H16ClNO/c15-13-8-4-7-12(9-13)14(17)16-10-11-5-2-1-3-6-11/h4-5,7-9H,1-3,6,10H2,(H,16,17). The summed E-state index contributed by atoms with van der Waals surface area (Å²) in [5.74, 6) is -0.0565. The lowest BCUT2D eigenvalue weighted by Crippen LogP contribution is -2.26. The van der Waals surface area contributed by atoms with Crippen LogP contribution in [0.1, 0.15) is 36.0 Å². The van der Waals surface area contributed by atoms with Crippen LogP contribution in [0.5, 0.6) is 0 Å². The van der Waals surface area contributed by atoms with Crippen molar-refractivity contribution in [2.45, 2.75) is 25.7 Å². The van der Waals surface area contributed by atoms with Gasteiger partial charge in [0.1, 0.15) is 0 Å². The monoisotopic (exact) mass is 249 g/mol. The predicted octanol–water partition coefficient (Wildman–Crippen LogP) is 3.57. The van der Waals surface area contributed by atoms with Gasteiger partial charge in [0.05, 0.1) is 0 Å². The van der Waals surface area contributed by atoms with Crippen LogP contribution < -0.4 is 5.32 Å². The van der Waals surface area contributed by atoms with Gasteiger partial charge in [-0.3, -0.25) is 4.79 Å². The molecule has 2 rings (SSSR count). The Labute approximate surface area is 107 Å². The molecule has 2 nitrogen and oxygen atoms in total. The number of nitrogens with one attached hydrogen (secondary N) is 1. The van der Waals surface area contributed by atoms with Crippen molar-refractivity contribution in [3.05, 3.63) is 46.5 Å². The van der Waals surface area contributed by atoms with Crippen LogP contribution in [-0.4, -0.2) is 12.5 Å². The molecular weight excluding hydrogens is 234 g/mol. The fraction of sp³-hybridized carbons (Fsp3) is 0.357. The number of allylic oxidation sites excluding steroid dienone is 1. The van der Waals surface area contributed by atoms with E-state index in [1.807, 2.05) is 0 Å². The smallest absolute Gasteiger partial charge is 0.251 e. The van der Waals surface area contributed by atoms with Gasteiger partial charge in [0.2, 0.25) is 0 Å². The lowest BCUT2D eigenvalue weighted by Gasteiger charge is -2.13. The SMILES string of the molecule is O=C(NCC1=CCCCC1)c1cccc(Cl)c1. The summed E-state index contributed by atoms with van der Waals surface area (Å²) in [7, 11) is 0. The Kier molecular flexibility index (Phi) is 4.21. The highest BCUT2D eigenvalue weighted by atomic mass is 35.5. The van der Waals surface area contributed by atoms with Crippen molar-refractivity contribution in [2.24, 2.45) is 0 Å². The van der Waals surface area contributed by atoms with E-state index in [2.05, 4.69) is 11.4 Å². The van der Waals surface area contributed by atoms with Gasteiger partial charge in [0.15, 0.2) is 0 Å². The Bertz CT molecular complexity index is 440. The highest BCUT2D eigenvalue weighted by Crippen LogP contribution is 2.16. The third kappa shape index (κ3) is 3.60. The van der Waals surface area contributed by atoms with Crippen molar-refractivity contribution < 1.29 is 4.79 Å². The van der Waals surface area contributed by atoms with E-state index in [4.69, 9.17) is 11.6 Å². The van der Waals surface area contributed by atoms with Gasteiger partial charge in [0.25, 0.3) is 5.91 Å². The second-order valence-electron chi connectivity index (χ2n) is 4.30. The Morgan fingerprint density at radius 3 is 2.94 bits per heavy atom. The van der Waals surface area contributed by atoms with E-state index in [1.54, 1.807) is 24.3 Å². The maximum atomic E-state index is 11.8. The first-order chi connectivity index (χ1) is 8.25. The van der Waals surface area contributed by atoms with E-state index in [0.717, 1.165) is 12.8 Å². The van der Waals surface area contributed by atoms with Gasteiger partial charge in [-0.05, 0) is 43.9 Å². The Morgan fingerprint density at radius 2 is 2.24 bits per heavy atom. The first-order valence-electron chi connectivity index (χ1n) is 5.97. The second kappa shape index (κ2) is 5.87. The van der Waals surface area contributed by atoms with E-state index in [-0.39, 0.29) is 5.91 Å². The van der Waals surface area contributed by atoms with E-state index < -0.39 is 0 Å². The summed E-state index contributed by atoms with van der Waals surface area (Å²) in [4.78, 5) is 11.8. The third-order valence-electron chi connectivity index (χ3n) is 2.95. The lowest BCUT2D eigenvalue weighted by molar-refractivity contribution is 0.0956. The molecule has 1 aliphatic rings. The van der Waals surface area contributed by atoms with E-state index in [1.165, 1.54) is 18.4 Å². The molecule has 1 amide bonds. The number of carbonyl (C=O) groups excluding carboxylic acids is 1. The van der Waals surface area contributed by atoms with Gasteiger partial charge in [-0.2, -0.15) is 0 Å². The van der Waals surface area contributed by atoms with Gasteiger partial charge in [-0.25, -0.2) is 0 Å². The molecule has 1 aromatic rings. The van der Waals surface area contributed by atoms with Crippen LogP contribution in [0.25, 0.3) is 0 Å². The van der Waals surface area contributed by atoms with Crippen molar-refractivity contribution in [3.63, 3.8) is 0 Å². The van der Waals surface area contributed by atoms with Crippen molar-refractivity contribution in [1.82, 2.24) is 5.32 Å². The summed E-state index contributed by atoms with van der Waals surface area (Å²) < 4.78 is 0. The summed E-state index contributed by atoms with van der Waals surface area (Å²) in [6.07, 6.45) is 6.99. The van der Waals surface area contributed by atoms with Crippen LogP contribution in [0, 0.1) is 0 Å². The molecule has 1 N–H and O–H groups in total. The molecule has 0 atom stereocenters. The van der Waals surface area contributed by atoms with Gasteiger partial charge >= 0.3 is 0 Å². The molecular formula is C14H16ClNO. The van der Waals surface area contributed by atoms with Crippen molar-refractivity contribution in [3.8, 4) is 0 Å². The van der Waals surface area contributed by atoms with Gasteiger partial charge < -0.3 is 5.32 Å². The van der Waals surface area contributed by atoms with Gasteiger partial charge in [-0.1, -0.05) is 29.3 Å². The molecule has 1 aliphatic carbocycles. The normalized spacial score (nSPS) is 15.2. The number of benzene rings is 1. The van der Waals surface area contributed by atoms with Gasteiger partial charge in [0, 0.05) is 17.1 Å². The van der Waals surface area contributed by atoms with E-state index in [0.29, 0.717) is 17.1 Å². The number of amides is 1. The number of hydrogen-bond donors (Lipinski definition) is 1. The molecule has 0 saturated heterocycles. The average Bonchev–Trinajstić information content (AvgIpc) is 2.37. The zero-order valence-corrected chi connectivity index (χ0v) is 10.5. The maximum Gasteiger partial charge on any atom is 0.251 e. The summed E-state index contributed by atoms with van der Waals surface area (Å²) in [5, 5.41) is 3.52. The highest BCUT2D eigenvalue weighted by molar-refractivity contribution is 6.30. The Hall–Kier alpha value is -1.28. The molecule has 0 spiro atoms. The minimum Gasteiger partial charge on any atom is -0.348 e. The lowest BCUT2D eigenvalue weighted by atomic mass is 9.99. The minimum atomic E-state index is -0.0565. The number of hydrogen-bond acceptors (Lipinski definition) is 1. The van der Waals surface area contributed by atoms with Crippen LogP contribution in [-0.2, 0) is 0 Å². The van der Waals surface area contributed by atoms with E-state index >= 15 is 0 Å². The zero-order chi connectivity index (χ0) is 12.1. The van der Waals surface area contributed by atoms with Crippen molar-refractivity contribution in [2.75, 3.05) is 6.54 Å². The molecule has 0 heterocycles. The average molecular weight is 250 g/mol. The quantitative estimate of drug-likeness (QED) is 0.816. The highest BCUT2D eigenvalue weighted by Gasteiger charge is 2.08. The second-order valence-corrected chi connectivity index (χ2v) is 4.74. The largest absolute Gasteiger partial charge is 0.348 e.